The van der Waals surface area contributed by atoms with E-state index in [2.05, 4.69) is 10.4 Å². The van der Waals surface area contributed by atoms with Gasteiger partial charge in [0.1, 0.15) is 0 Å². The first kappa shape index (κ1) is 14.4. The molecule has 0 saturated carbocycles. The number of hydrogen-bond acceptors (Lipinski definition) is 3. The molecule has 0 radical (unpaired) electrons. The monoisotopic (exact) mass is 280 g/mol. The van der Waals surface area contributed by atoms with Crippen molar-refractivity contribution in [2.24, 2.45) is 7.05 Å². The summed E-state index contributed by atoms with van der Waals surface area (Å²) in [5.41, 5.74) is 0.475. The fourth-order valence-electron chi connectivity index (χ4n) is 2.37. The third-order valence-electron chi connectivity index (χ3n) is 3.47. The minimum absolute atomic E-state index is 0.317. The number of aryl methyl sites for hydroxylation is 1. The zero-order valence-electron chi connectivity index (χ0n) is 11.6. The van der Waals surface area contributed by atoms with E-state index < -0.39 is 12.0 Å². The molecule has 1 aromatic rings. The Hall–Kier alpha value is -2.05. The molecule has 1 aliphatic heterocycles. The number of carboxylic acids is 1. The van der Waals surface area contributed by atoms with Crippen LogP contribution in [0.4, 0.5) is 4.79 Å². The first-order chi connectivity index (χ1) is 9.58. The molecule has 7 nitrogen and oxygen atoms in total. The quantitative estimate of drug-likeness (QED) is 0.869. The highest BCUT2D eigenvalue weighted by Gasteiger charge is 2.26. The Bertz CT molecular complexity index is 478. The van der Waals surface area contributed by atoms with Gasteiger partial charge in [0.15, 0.2) is 6.04 Å². The molecule has 0 bridgehead atoms. The number of likely N-dealkylation sites (tertiary alicyclic amines) is 1. The molecule has 1 saturated heterocycles. The third-order valence-corrected chi connectivity index (χ3v) is 3.47. The molecule has 1 fully saturated rings. The lowest BCUT2D eigenvalue weighted by Crippen LogP contribution is -2.44. The second kappa shape index (κ2) is 6.40. The van der Waals surface area contributed by atoms with Gasteiger partial charge in [-0.3, -0.25) is 4.68 Å². The molecular formula is C13H20N4O3. The van der Waals surface area contributed by atoms with E-state index in [0.717, 1.165) is 25.7 Å². The van der Waals surface area contributed by atoms with Gasteiger partial charge in [0.2, 0.25) is 0 Å². The smallest absolute Gasteiger partial charge is 0.331 e. The van der Waals surface area contributed by atoms with Crippen LogP contribution in [0.1, 0.15) is 37.3 Å². The summed E-state index contributed by atoms with van der Waals surface area (Å²) < 4.78 is 1.52. The van der Waals surface area contributed by atoms with Crippen LogP contribution in [0.2, 0.25) is 0 Å². The number of carbonyl (C=O) groups is 2. The summed E-state index contributed by atoms with van der Waals surface area (Å²) in [4.78, 5) is 25.2. The summed E-state index contributed by atoms with van der Waals surface area (Å²) in [6.07, 6.45) is 7.24. The number of nitrogens with one attached hydrogen (secondary N) is 1. The number of urea groups is 1. The normalized spacial score (nSPS) is 17.4. The summed E-state index contributed by atoms with van der Waals surface area (Å²) in [6.45, 7) is 1.37. The summed E-state index contributed by atoms with van der Waals surface area (Å²) in [7, 11) is 1.71. The second-order valence-corrected chi connectivity index (χ2v) is 5.07. The van der Waals surface area contributed by atoms with Gasteiger partial charge in [-0.25, -0.2) is 9.59 Å². The van der Waals surface area contributed by atoms with Gasteiger partial charge in [0.25, 0.3) is 0 Å². The first-order valence-corrected chi connectivity index (χ1v) is 6.84. The molecule has 0 aromatic carbocycles. The molecule has 110 valence electrons. The summed E-state index contributed by atoms with van der Waals surface area (Å²) in [5, 5.41) is 15.8. The van der Waals surface area contributed by atoms with Crippen LogP contribution in [0.3, 0.4) is 0 Å². The number of amides is 2. The first-order valence-electron chi connectivity index (χ1n) is 6.84. The van der Waals surface area contributed by atoms with Gasteiger partial charge in [-0.15, -0.1) is 0 Å². The number of aliphatic carboxylic acids is 1. The van der Waals surface area contributed by atoms with Crippen molar-refractivity contribution < 1.29 is 14.7 Å². The largest absolute Gasteiger partial charge is 0.479 e. The maximum atomic E-state index is 12.2. The Kier molecular flexibility index (Phi) is 4.60. The fraction of sp³-hybridized carbons (Fsp3) is 0.615. The molecule has 0 spiro atoms. The Morgan fingerprint density at radius 3 is 2.45 bits per heavy atom. The molecule has 20 heavy (non-hydrogen) atoms. The van der Waals surface area contributed by atoms with Gasteiger partial charge in [0.05, 0.1) is 6.20 Å². The Labute approximate surface area is 117 Å². The number of hydrogen-bond donors (Lipinski definition) is 2. The second-order valence-electron chi connectivity index (χ2n) is 5.07. The Morgan fingerprint density at radius 1 is 1.30 bits per heavy atom. The number of nitrogens with zero attached hydrogens (tertiary/aromatic N) is 3. The Morgan fingerprint density at radius 2 is 1.95 bits per heavy atom. The van der Waals surface area contributed by atoms with E-state index in [0.29, 0.717) is 18.7 Å². The number of rotatable bonds is 3. The van der Waals surface area contributed by atoms with Crippen molar-refractivity contribution in [2.75, 3.05) is 13.1 Å². The van der Waals surface area contributed by atoms with E-state index >= 15 is 0 Å². The summed E-state index contributed by atoms with van der Waals surface area (Å²) >= 11 is 0. The molecule has 1 aliphatic rings. The van der Waals surface area contributed by atoms with Crippen molar-refractivity contribution in [1.29, 1.82) is 0 Å². The van der Waals surface area contributed by atoms with Crippen molar-refractivity contribution in [3.63, 3.8) is 0 Å². The molecular weight excluding hydrogens is 260 g/mol. The highest BCUT2D eigenvalue weighted by molar-refractivity contribution is 5.83. The predicted molar refractivity (Wildman–Crippen MR) is 72.2 cm³/mol. The highest BCUT2D eigenvalue weighted by atomic mass is 16.4. The van der Waals surface area contributed by atoms with Crippen LogP contribution in [0.15, 0.2) is 12.4 Å². The van der Waals surface area contributed by atoms with Crippen molar-refractivity contribution >= 4 is 12.0 Å². The van der Waals surface area contributed by atoms with Crippen molar-refractivity contribution in [3.05, 3.63) is 18.0 Å². The lowest BCUT2D eigenvalue weighted by Gasteiger charge is -2.23. The topological polar surface area (TPSA) is 87.5 Å². The predicted octanol–water partition coefficient (Wildman–Crippen LogP) is 1.13. The van der Waals surface area contributed by atoms with Crippen LogP contribution < -0.4 is 5.32 Å². The van der Waals surface area contributed by atoms with Crippen LogP contribution in [0, 0.1) is 0 Å². The van der Waals surface area contributed by atoms with Crippen molar-refractivity contribution in [3.8, 4) is 0 Å². The van der Waals surface area contributed by atoms with E-state index in [9.17, 15) is 14.7 Å². The molecule has 2 N–H and O–H groups in total. The SMILES string of the molecule is Cn1cc(C(NC(=O)N2CCCCCC2)C(=O)O)cn1. The molecule has 2 heterocycles. The van der Waals surface area contributed by atoms with Gasteiger partial charge in [-0.2, -0.15) is 5.10 Å². The molecule has 2 rings (SSSR count). The molecule has 2 amide bonds. The lowest BCUT2D eigenvalue weighted by molar-refractivity contribution is -0.139. The molecule has 0 aliphatic carbocycles. The number of aromatic nitrogens is 2. The standard InChI is InChI=1S/C13H20N4O3/c1-16-9-10(8-14-16)11(12(18)19)15-13(20)17-6-4-2-3-5-7-17/h8-9,11H,2-7H2,1H3,(H,15,20)(H,18,19). The highest BCUT2D eigenvalue weighted by Crippen LogP contribution is 2.14. The van der Waals surface area contributed by atoms with Crippen LogP contribution in [-0.4, -0.2) is 44.9 Å². The number of carbonyl (C=O) groups excluding carboxylic acids is 1. The molecule has 7 heteroatoms. The van der Waals surface area contributed by atoms with E-state index in [-0.39, 0.29) is 6.03 Å². The molecule has 1 atom stereocenters. The minimum Gasteiger partial charge on any atom is -0.479 e. The van der Waals surface area contributed by atoms with E-state index in [1.54, 1.807) is 18.1 Å². The zero-order chi connectivity index (χ0) is 14.5. The van der Waals surface area contributed by atoms with E-state index in [1.807, 2.05) is 0 Å². The maximum Gasteiger partial charge on any atom is 0.331 e. The van der Waals surface area contributed by atoms with Gasteiger partial charge >= 0.3 is 12.0 Å². The average molecular weight is 280 g/mol. The third kappa shape index (κ3) is 3.49. The Balaban J connectivity index is 2.04. The van der Waals surface area contributed by atoms with Crippen LogP contribution in [0.25, 0.3) is 0 Å². The average Bonchev–Trinajstić information content (AvgIpc) is 2.67. The summed E-state index contributed by atoms with van der Waals surface area (Å²) in [5.74, 6) is -1.08. The fourth-order valence-corrected chi connectivity index (χ4v) is 2.37. The molecule has 1 aromatic heterocycles. The van der Waals surface area contributed by atoms with Crippen LogP contribution in [0.5, 0.6) is 0 Å². The summed E-state index contributed by atoms with van der Waals surface area (Å²) in [6, 6.07) is -1.37. The van der Waals surface area contributed by atoms with E-state index in [4.69, 9.17) is 0 Å². The zero-order valence-corrected chi connectivity index (χ0v) is 11.6. The molecule has 1 unspecified atom stereocenters. The van der Waals surface area contributed by atoms with Crippen molar-refractivity contribution in [2.45, 2.75) is 31.7 Å². The number of carboxylic acid groups (broad SMARTS) is 1. The van der Waals surface area contributed by atoms with Gasteiger partial charge in [-0.1, -0.05) is 12.8 Å². The van der Waals surface area contributed by atoms with E-state index in [1.165, 1.54) is 10.9 Å². The van der Waals surface area contributed by atoms with Gasteiger partial charge in [0, 0.05) is 31.9 Å². The van der Waals surface area contributed by atoms with Crippen LogP contribution >= 0.6 is 0 Å². The van der Waals surface area contributed by atoms with Gasteiger partial charge < -0.3 is 15.3 Å². The lowest BCUT2D eigenvalue weighted by atomic mass is 10.1. The minimum atomic E-state index is -1.08. The van der Waals surface area contributed by atoms with Crippen molar-refractivity contribution in [1.82, 2.24) is 20.0 Å². The maximum absolute atomic E-state index is 12.2. The van der Waals surface area contributed by atoms with Gasteiger partial charge in [-0.05, 0) is 12.8 Å². The van der Waals surface area contributed by atoms with Crippen LogP contribution in [-0.2, 0) is 11.8 Å².